The largest absolute Gasteiger partial charge is 0.466 e. The Bertz CT molecular complexity index is 972. The summed E-state index contributed by atoms with van der Waals surface area (Å²) in [6.07, 6.45) is -3.70. The minimum Gasteiger partial charge on any atom is -0.394 e. The lowest BCUT2D eigenvalue weighted by Gasteiger charge is -2.14. The van der Waals surface area contributed by atoms with Crippen molar-refractivity contribution in [2.45, 2.75) is 24.4 Å². The number of hydrogen-bond donors (Lipinski definition) is 12. The first-order valence-electron chi connectivity index (χ1n) is 8.52. The third kappa shape index (κ3) is 14.3. The molecule has 0 spiro atoms. The molecule has 198 valence electrons. The van der Waals surface area contributed by atoms with E-state index in [1.54, 1.807) is 0 Å². The fourth-order valence-electron chi connectivity index (χ4n) is 2.53. The standard InChI is InChI=1S/C13H16N2O4.3H3O4P/c1-15-8-5-3-2-4-7(8)14-13(15)12-11(18)10(17)9(6-16)19-12;3*1-5(2,3)4/h2-5,9-12,16-18H,6H2,1H3;3*(H3,1,2,3,4)/t9-,10-,11-,12-;;;/m1.../s1. The van der Waals surface area contributed by atoms with E-state index in [0.717, 1.165) is 11.0 Å². The summed E-state index contributed by atoms with van der Waals surface area (Å²) in [6, 6.07) is 7.59. The summed E-state index contributed by atoms with van der Waals surface area (Å²) in [5.74, 6) is 0.545. The molecule has 1 fully saturated rings. The molecule has 2 aromatic rings. The number of imidazole rings is 1. The van der Waals surface area contributed by atoms with Crippen LogP contribution in [0.15, 0.2) is 24.3 Å². The summed E-state index contributed by atoms with van der Waals surface area (Å²) >= 11 is 0. The average molecular weight is 558 g/mol. The maximum atomic E-state index is 10.0. The van der Waals surface area contributed by atoms with Crippen LogP contribution in [0.5, 0.6) is 0 Å². The Labute approximate surface area is 190 Å². The van der Waals surface area contributed by atoms with E-state index in [1.165, 1.54) is 0 Å². The van der Waals surface area contributed by atoms with Crippen molar-refractivity contribution in [1.29, 1.82) is 0 Å². The Morgan fingerprint density at radius 3 is 1.62 bits per heavy atom. The first-order chi connectivity index (χ1) is 15.1. The van der Waals surface area contributed by atoms with Gasteiger partial charge in [-0.05, 0) is 12.1 Å². The number of aryl methyl sites for hydroxylation is 1. The molecule has 0 bridgehead atoms. The number of fused-ring (bicyclic) bond motifs is 1. The van der Waals surface area contributed by atoms with Crippen molar-refractivity contribution in [2.24, 2.45) is 7.05 Å². The molecule has 0 saturated carbocycles. The zero-order valence-electron chi connectivity index (χ0n) is 17.1. The van der Waals surface area contributed by atoms with Crippen molar-refractivity contribution < 1.29 is 77.8 Å². The number of phosphoric acid groups is 3. The second kappa shape index (κ2) is 13.2. The molecule has 1 aromatic carbocycles. The van der Waals surface area contributed by atoms with Gasteiger partial charge in [0, 0.05) is 7.05 Å². The van der Waals surface area contributed by atoms with E-state index in [9.17, 15) is 10.2 Å². The number of hydrogen-bond acceptors (Lipinski definition) is 8. The molecule has 0 amide bonds. The number of aliphatic hydroxyl groups excluding tert-OH is 3. The van der Waals surface area contributed by atoms with E-state index < -0.39 is 47.9 Å². The third-order valence-corrected chi connectivity index (χ3v) is 3.62. The molecule has 0 radical (unpaired) electrons. The first-order valence-corrected chi connectivity index (χ1v) is 13.2. The van der Waals surface area contributed by atoms with Crippen molar-refractivity contribution in [3.63, 3.8) is 0 Å². The monoisotopic (exact) mass is 558 g/mol. The van der Waals surface area contributed by atoms with Gasteiger partial charge in [0.1, 0.15) is 30.2 Å². The fraction of sp³-hybridized carbons (Fsp3) is 0.462. The fourth-order valence-corrected chi connectivity index (χ4v) is 2.53. The predicted molar refractivity (Wildman–Crippen MR) is 110 cm³/mol. The van der Waals surface area contributed by atoms with Gasteiger partial charge in [-0.25, -0.2) is 18.7 Å². The molecule has 3 rings (SSSR count). The summed E-state index contributed by atoms with van der Waals surface area (Å²) in [4.78, 5) is 69.1. The molecule has 12 N–H and O–H groups in total. The van der Waals surface area contributed by atoms with Gasteiger partial charge in [-0.15, -0.1) is 0 Å². The zero-order chi connectivity index (χ0) is 27.1. The number of para-hydroxylation sites is 2. The number of benzene rings is 1. The van der Waals surface area contributed by atoms with Gasteiger partial charge in [-0.1, -0.05) is 12.1 Å². The van der Waals surface area contributed by atoms with E-state index in [2.05, 4.69) is 4.98 Å². The maximum Gasteiger partial charge on any atom is 0.466 e. The van der Waals surface area contributed by atoms with Gasteiger partial charge >= 0.3 is 23.5 Å². The first kappa shape index (κ1) is 32.9. The zero-order valence-corrected chi connectivity index (χ0v) is 19.7. The van der Waals surface area contributed by atoms with Crippen LogP contribution < -0.4 is 0 Å². The van der Waals surface area contributed by atoms with Crippen LogP contribution in [0.4, 0.5) is 0 Å². The molecule has 0 unspecified atom stereocenters. The van der Waals surface area contributed by atoms with Crippen LogP contribution in [-0.2, 0) is 25.5 Å². The van der Waals surface area contributed by atoms with Crippen LogP contribution >= 0.6 is 23.5 Å². The minimum atomic E-state index is -4.64. The molecule has 1 aliphatic rings. The van der Waals surface area contributed by atoms with Crippen molar-refractivity contribution in [3.8, 4) is 0 Å². The van der Waals surface area contributed by atoms with Gasteiger partial charge in [0.2, 0.25) is 0 Å². The van der Waals surface area contributed by atoms with Gasteiger partial charge < -0.3 is 68.7 Å². The maximum absolute atomic E-state index is 10.0. The van der Waals surface area contributed by atoms with Crippen molar-refractivity contribution in [1.82, 2.24) is 9.55 Å². The van der Waals surface area contributed by atoms with Gasteiger partial charge in [-0.2, -0.15) is 0 Å². The lowest BCUT2D eigenvalue weighted by Crippen LogP contribution is -2.32. The molecule has 1 saturated heterocycles. The van der Waals surface area contributed by atoms with E-state index in [0.29, 0.717) is 5.82 Å². The number of ether oxygens (including phenoxy) is 1. The van der Waals surface area contributed by atoms with Gasteiger partial charge in [0.15, 0.2) is 0 Å². The predicted octanol–water partition coefficient (Wildman–Crippen LogP) is -3.06. The second-order valence-corrected chi connectivity index (χ2v) is 9.40. The molecule has 1 aliphatic heterocycles. The quantitative estimate of drug-likeness (QED) is 0.163. The van der Waals surface area contributed by atoms with E-state index in [1.807, 2.05) is 35.9 Å². The molecule has 34 heavy (non-hydrogen) atoms. The molecule has 18 nitrogen and oxygen atoms in total. The average Bonchev–Trinajstić information content (AvgIpc) is 3.08. The summed E-state index contributed by atoms with van der Waals surface area (Å²) in [7, 11) is -12.1. The normalized spacial score (nSPS) is 22.6. The van der Waals surface area contributed by atoms with Gasteiger partial charge in [0.05, 0.1) is 17.6 Å². The van der Waals surface area contributed by atoms with Gasteiger partial charge in [-0.3, -0.25) is 0 Å². The van der Waals surface area contributed by atoms with Crippen LogP contribution in [0.2, 0.25) is 0 Å². The highest BCUT2D eigenvalue weighted by atomic mass is 31.2. The Kier molecular flexibility index (Phi) is 12.8. The van der Waals surface area contributed by atoms with Crippen LogP contribution in [0, 0.1) is 0 Å². The highest BCUT2D eigenvalue weighted by molar-refractivity contribution is 7.45. The molecular weight excluding hydrogens is 533 g/mol. The lowest BCUT2D eigenvalue weighted by molar-refractivity contribution is -0.0259. The third-order valence-electron chi connectivity index (χ3n) is 3.62. The van der Waals surface area contributed by atoms with Crippen LogP contribution in [0.25, 0.3) is 11.0 Å². The SMILES string of the molecule is Cn1c([C@@H]2O[C@H](CO)[C@@H](O)[C@H]2O)nc2ccccc21.O=P(O)(O)O.O=P(O)(O)O.O=P(O)(O)O. The molecule has 2 heterocycles. The molecule has 1 aromatic heterocycles. The number of nitrogens with zero attached hydrogens (tertiary/aromatic N) is 2. The Morgan fingerprint density at radius 1 is 0.853 bits per heavy atom. The minimum absolute atomic E-state index is 0.335. The topological polar surface area (TPSA) is 321 Å². The van der Waals surface area contributed by atoms with Gasteiger partial charge in [0.25, 0.3) is 0 Å². The number of aromatic nitrogens is 2. The molecule has 21 heteroatoms. The van der Waals surface area contributed by atoms with E-state index in [-0.39, 0.29) is 6.61 Å². The van der Waals surface area contributed by atoms with E-state index in [4.69, 9.17) is 67.6 Å². The highest BCUT2D eigenvalue weighted by Crippen LogP contribution is 2.34. The Hall–Kier alpha value is -1.14. The van der Waals surface area contributed by atoms with Crippen molar-refractivity contribution in [3.05, 3.63) is 30.1 Å². The number of rotatable bonds is 2. The smallest absolute Gasteiger partial charge is 0.394 e. The van der Waals surface area contributed by atoms with Crippen LogP contribution in [0.1, 0.15) is 11.9 Å². The second-order valence-electron chi connectivity index (χ2n) is 6.32. The number of aliphatic hydroxyl groups is 3. The van der Waals surface area contributed by atoms with Crippen LogP contribution in [0.3, 0.4) is 0 Å². The summed E-state index contributed by atoms with van der Waals surface area (Å²) in [5.41, 5.74) is 1.73. The van der Waals surface area contributed by atoms with Crippen molar-refractivity contribution >= 4 is 34.5 Å². The Balaban J connectivity index is 0.000000599. The van der Waals surface area contributed by atoms with Crippen LogP contribution in [-0.4, -0.2) is 93.8 Å². The highest BCUT2D eigenvalue weighted by Gasteiger charge is 2.45. The molecular formula is C13H25N2O16P3. The summed E-state index contributed by atoms with van der Waals surface area (Å²) in [6.45, 7) is -0.335. The lowest BCUT2D eigenvalue weighted by atomic mass is 10.1. The Morgan fingerprint density at radius 2 is 1.26 bits per heavy atom. The van der Waals surface area contributed by atoms with E-state index >= 15 is 0 Å². The molecule has 0 aliphatic carbocycles. The summed E-state index contributed by atoms with van der Waals surface area (Å²) in [5, 5.41) is 28.9. The summed E-state index contributed by atoms with van der Waals surface area (Å²) < 4.78 is 34.0. The van der Waals surface area contributed by atoms with Crippen molar-refractivity contribution in [2.75, 3.05) is 6.61 Å². The molecule has 4 atom stereocenters.